The molecule has 0 aliphatic carbocycles. The van der Waals surface area contributed by atoms with Gasteiger partial charge >= 0.3 is 0 Å². The first kappa shape index (κ1) is 51.2. The number of hydrogen-bond donors (Lipinski definition) is 2. The summed E-state index contributed by atoms with van der Waals surface area (Å²) in [5, 5.41) is 13.9. The molecule has 0 bridgehead atoms. The smallest absolute Gasteiger partial charge is 0.268 e. The molecular weight excluding hydrogens is 671 g/mol. The zero-order valence-corrected chi connectivity index (χ0v) is 35.9. The normalized spacial score (nSPS) is 14.5. The van der Waals surface area contributed by atoms with E-state index in [0.29, 0.717) is 23.9 Å². The number of amides is 1. The summed E-state index contributed by atoms with van der Waals surface area (Å²) in [6.45, 7) is 4.70. The van der Waals surface area contributed by atoms with Crippen LogP contribution in [0.25, 0.3) is 0 Å². The van der Waals surface area contributed by atoms with Crippen molar-refractivity contribution in [3.63, 3.8) is 0 Å². The molecule has 0 aromatic heterocycles. The van der Waals surface area contributed by atoms with Gasteiger partial charge in [-0.05, 0) is 38.5 Å². The lowest BCUT2D eigenvalue weighted by molar-refractivity contribution is -0.870. The van der Waals surface area contributed by atoms with Crippen LogP contribution in [0.15, 0.2) is 12.2 Å². The Bertz CT molecular complexity index is 865. The van der Waals surface area contributed by atoms with E-state index in [9.17, 15) is 19.4 Å². The summed E-state index contributed by atoms with van der Waals surface area (Å²) in [6, 6.07) is -0.810. The molecule has 310 valence electrons. The van der Waals surface area contributed by atoms with Crippen molar-refractivity contribution < 1.29 is 32.9 Å². The Morgan fingerprint density at radius 1 is 0.654 bits per heavy atom. The Kier molecular flexibility index (Phi) is 35.4. The van der Waals surface area contributed by atoms with Crippen molar-refractivity contribution in [3.05, 3.63) is 12.2 Å². The lowest BCUT2D eigenvalue weighted by Gasteiger charge is -2.30. The van der Waals surface area contributed by atoms with Gasteiger partial charge in [-0.2, -0.15) is 0 Å². The number of allylic oxidation sites excluding steroid dienone is 2. The van der Waals surface area contributed by atoms with Gasteiger partial charge in [0.15, 0.2) is 0 Å². The first-order valence-corrected chi connectivity index (χ1v) is 23.5. The average molecular weight is 759 g/mol. The SMILES string of the molecule is CCCCCCCCC/C=C/CCCC[C@@H](O)[C@H](COP(=O)([O-])OCC[N+](C)(C)C)NC(=O)CCCCCCCCCCCCCCCCCCC. The van der Waals surface area contributed by atoms with Gasteiger partial charge in [0.2, 0.25) is 5.91 Å². The van der Waals surface area contributed by atoms with Crippen molar-refractivity contribution in [2.24, 2.45) is 0 Å². The van der Waals surface area contributed by atoms with Crippen LogP contribution in [0, 0.1) is 0 Å². The van der Waals surface area contributed by atoms with Crippen LogP contribution in [0.4, 0.5) is 0 Å². The predicted octanol–water partition coefficient (Wildman–Crippen LogP) is 11.3. The predicted molar refractivity (Wildman–Crippen MR) is 219 cm³/mol. The number of nitrogens with one attached hydrogen (secondary N) is 1. The van der Waals surface area contributed by atoms with Gasteiger partial charge in [0.05, 0.1) is 39.9 Å². The van der Waals surface area contributed by atoms with Crippen molar-refractivity contribution in [3.8, 4) is 0 Å². The average Bonchev–Trinajstić information content (AvgIpc) is 3.09. The molecule has 0 saturated carbocycles. The molecule has 3 atom stereocenters. The van der Waals surface area contributed by atoms with Gasteiger partial charge in [0.1, 0.15) is 13.2 Å². The van der Waals surface area contributed by atoms with Crippen LogP contribution in [-0.2, 0) is 18.4 Å². The van der Waals surface area contributed by atoms with Gasteiger partial charge in [-0.25, -0.2) is 0 Å². The third-order valence-electron chi connectivity index (χ3n) is 10.0. The summed E-state index contributed by atoms with van der Waals surface area (Å²) in [5.74, 6) is -0.173. The summed E-state index contributed by atoms with van der Waals surface area (Å²) in [6.07, 6.45) is 39.3. The van der Waals surface area contributed by atoms with Crippen molar-refractivity contribution >= 4 is 13.7 Å². The largest absolute Gasteiger partial charge is 0.756 e. The highest BCUT2D eigenvalue weighted by Crippen LogP contribution is 2.38. The number of likely N-dealkylation sites (N-methyl/N-ethyl adjacent to an activating group) is 1. The zero-order valence-electron chi connectivity index (χ0n) is 35.0. The number of aliphatic hydroxyl groups excluding tert-OH is 1. The van der Waals surface area contributed by atoms with Crippen LogP contribution in [0.1, 0.15) is 206 Å². The Morgan fingerprint density at radius 3 is 1.50 bits per heavy atom. The van der Waals surface area contributed by atoms with Gasteiger partial charge in [-0.1, -0.05) is 174 Å². The van der Waals surface area contributed by atoms with E-state index in [-0.39, 0.29) is 19.1 Å². The van der Waals surface area contributed by atoms with E-state index >= 15 is 0 Å². The number of rotatable bonds is 40. The maximum atomic E-state index is 12.8. The maximum absolute atomic E-state index is 12.8. The van der Waals surface area contributed by atoms with Crippen LogP contribution in [-0.4, -0.2) is 68.5 Å². The fraction of sp³-hybridized carbons (Fsp3) is 0.930. The molecule has 0 aliphatic heterocycles. The number of unbranched alkanes of at least 4 members (excludes halogenated alkanes) is 25. The van der Waals surface area contributed by atoms with Crippen molar-refractivity contribution in [1.82, 2.24) is 5.32 Å². The van der Waals surface area contributed by atoms with Crippen LogP contribution < -0.4 is 10.2 Å². The number of hydrogen-bond acceptors (Lipinski definition) is 6. The van der Waals surface area contributed by atoms with Crippen molar-refractivity contribution in [1.29, 1.82) is 0 Å². The number of nitrogens with zero attached hydrogens (tertiary/aromatic N) is 1. The molecular formula is C43H87N2O6P. The van der Waals surface area contributed by atoms with Crippen LogP contribution in [0.3, 0.4) is 0 Å². The summed E-state index contributed by atoms with van der Waals surface area (Å²) >= 11 is 0. The van der Waals surface area contributed by atoms with E-state index in [0.717, 1.165) is 44.9 Å². The Balaban J connectivity index is 4.36. The molecule has 0 rings (SSSR count). The van der Waals surface area contributed by atoms with Crippen molar-refractivity contribution in [2.75, 3.05) is 40.9 Å². The lowest BCUT2D eigenvalue weighted by atomic mass is 10.0. The fourth-order valence-electron chi connectivity index (χ4n) is 6.45. The molecule has 0 heterocycles. The molecule has 1 amide bonds. The minimum absolute atomic E-state index is 0.00957. The van der Waals surface area contributed by atoms with Crippen LogP contribution in [0.5, 0.6) is 0 Å². The molecule has 8 nitrogen and oxygen atoms in total. The third-order valence-corrected chi connectivity index (χ3v) is 11.0. The number of aliphatic hydroxyl groups is 1. The number of phosphoric ester groups is 1. The molecule has 0 aromatic rings. The van der Waals surface area contributed by atoms with E-state index < -0.39 is 20.0 Å². The number of phosphoric acid groups is 1. The monoisotopic (exact) mass is 759 g/mol. The number of quaternary nitrogens is 1. The zero-order chi connectivity index (χ0) is 38.6. The van der Waals surface area contributed by atoms with Gasteiger partial charge in [0.25, 0.3) is 7.82 Å². The molecule has 9 heteroatoms. The third kappa shape index (κ3) is 37.6. The van der Waals surface area contributed by atoms with Gasteiger partial charge in [-0.3, -0.25) is 9.36 Å². The van der Waals surface area contributed by atoms with Crippen LogP contribution in [0.2, 0.25) is 0 Å². The first-order chi connectivity index (χ1) is 25.0. The van der Waals surface area contributed by atoms with Gasteiger partial charge in [0, 0.05) is 6.42 Å². The van der Waals surface area contributed by atoms with Crippen LogP contribution >= 0.6 is 7.82 Å². The molecule has 0 radical (unpaired) electrons. The maximum Gasteiger partial charge on any atom is 0.268 e. The number of carbonyl (C=O) groups is 1. The summed E-state index contributed by atoms with van der Waals surface area (Å²) in [7, 11) is 1.29. The molecule has 1 unspecified atom stereocenters. The van der Waals surface area contributed by atoms with E-state index in [4.69, 9.17) is 9.05 Å². The first-order valence-electron chi connectivity index (χ1n) is 22.0. The minimum Gasteiger partial charge on any atom is -0.756 e. The van der Waals surface area contributed by atoms with Gasteiger partial charge in [-0.15, -0.1) is 0 Å². The second-order valence-corrected chi connectivity index (χ2v) is 17.8. The molecule has 52 heavy (non-hydrogen) atoms. The van der Waals surface area contributed by atoms with Crippen molar-refractivity contribution in [2.45, 2.75) is 219 Å². The molecule has 0 fully saturated rings. The van der Waals surface area contributed by atoms with E-state index in [2.05, 4.69) is 31.3 Å². The second kappa shape index (κ2) is 35.9. The summed E-state index contributed by atoms with van der Waals surface area (Å²) in [4.78, 5) is 25.3. The fourth-order valence-corrected chi connectivity index (χ4v) is 7.17. The molecule has 0 aliphatic rings. The Labute approximate surface area is 322 Å². The van der Waals surface area contributed by atoms with E-state index in [1.165, 1.54) is 135 Å². The molecule has 2 N–H and O–H groups in total. The highest BCUT2D eigenvalue weighted by molar-refractivity contribution is 7.45. The highest BCUT2D eigenvalue weighted by atomic mass is 31.2. The lowest BCUT2D eigenvalue weighted by Crippen LogP contribution is -2.46. The number of carbonyl (C=O) groups excluding carboxylic acids is 1. The topological polar surface area (TPSA) is 108 Å². The second-order valence-electron chi connectivity index (χ2n) is 16.4. The summed E-state index contributed by atoms with van der Waals surface area (Å²) < 4.78 is 23.2. The molecule has 0 saturated heterocycles. The highest BCUT2D eigenvalue weighted by Gasteiger charge is 2.24. The standard InChI is InChI=1S/C43H87N2O6P/c1-6-8-10-12-14-16-18-20-21-22-23-25-27-29-31-33-35-37-43(47)44-41(40-51-52(48,49)50-39-38-45(3,4)5)42(46)36-34-32-30-28-26-24-19-17-15-13-11-9-7-2/h26,28,41-42,46H,6-25,27,29-40H2,1-5H3,(H-,44,47,48,49)/b28-26+/t41-,42+/m0/s1. The van der Waals surface area contributed by atoms with E-state index in [1.54, 1.807) is 0 Å². The Hall–Kier alpha value is -0.760. The molecule has 0 aromatic carbocycles. The van der Waals surface area contributed by atoms with E-state index in [1.807, 2.05) is 21.1 Å². The summed E-state index contributed by atoms with van der Waals surface area (Å²) in [5.41, 5.74) is 0. The quantitative estimate of drug-likeness (QED) is 0.0279. The molecule has 0 spiro atoms. The minimum atomic E-state index is -4.56. The van der Waals surface area contributed by atoms with Gasteiger partial charge < -0.3 is 28.8 Å². The Morgan fingerprint density at radius 2 is 1.06 bits per heavy atom.